The highest BCUT2D eigenvalue weighted by Crippen LogP contribution is 2.16. The van der Waals surface area contributed by atoms with Gasteiger partial charge in [0.25, 0.3) is 0 Å². The fourth-order valence-corrected chi connectivity index (χ4v) is 2.55. The van der Waals surface area contributed by atoms with Crippen LogP contribution in [-0.2, 0) is 4.74 Å². The van der Waals surface area contributed by atoms with E-state index in [1.807, 2.05) is 0 Å². The van der Waals surface area contributed by atoms with Crippen molar-refractivity contribution in [3.05, 3.63) is 0 Å². The summed E-state index contributed by atoms with van der Waals surface area (Å²) in [7, 11) is 0. The molecule has 0 aromatic rings. The standard InChI is InChI=1S/C15H31NO/c1-2-3-4-5-9-13-17-14-12-16-15-10-7-6-8-11-15/h15-16H,2-14H2,1H3. The second-order valence-electron chi connectivity index (χ2n) is 5.32. The predicted octanol–water partition coefficient (Wildman–Crippen LogP) is 3.90. The van der Waals surface area contributed by atoms with E-state index < -0.39 is 0 Å². The molecule has 17 heavy (non-hydrogen) atoms. The molecule has 1 fully saturated rings. The van der Waals surface area contributed by atoms with E-state index in [0.717, 1.165) is 25.8 Å². The van der Waals surface area contributed by atoms with Crippen LogP contribution in [0.2, 0.25) is 0 Å². The minimum atomic E-state index is 0.775. The molecule has 1 aliphatic rings. The summed E-state index contributed by atoms with van der Waals surface area (Å²) >= 11 is 0. The third-order valence-corrected chi connectivity index (χ3v) is 3.68. The van der Waals surface area contributed by atoms with E-state index in [9.17, 15) is 0 Å². The molecule has 0 aromatic carbocycles. The maximum atomic E-state index is 5.64. The van der Waals surface area contributed by atoms with Crippen LogP contribution in [0, 0.1) is 0 Å². The molecule has 1 saturated carbocycles. The van der Waals surface area contributed by atoms with Crippen molar-refractivity contribution in [2.75, 3.05) is 19.8 Å². The highest BCUT2D eigenvalue weighted by Gasteiger charge is 2.11. The number of hydrogen-bond donors (Lipinski definition) is 1. The zero-order chi connectivity index (χ0) is 12.2. The first-order chi connectivity index (χ1) is 8.43. The van der Waals surface area contributed by atoms with Crippen LogP contribution >= 0.6 is 0 Å². The van der Waals surface area contributed by atoms with E-state index in [4.69, 9.17) is 4.74 Å². The third kappa shape index (κ3) is 8.62. The maximum absolute atomic E-state index is 5.64. The fourth-order valence-electron chi connectivity index (χ4n) is 2.55. The lowest BCUT2D eigenvalue weighted by Gasteiger charge is -2.22. The molecule has 0 amide bonds. The minimum absolute atomic E-state index is 0.775. The second-order valence-corrected chi connectivity index (χ2v) is 5.32. The van der Waals surface area contributed by atoms with Crippen molar-refractivity contribution in [2.24, 2.45) is 0 Å². The Balaban J connectivity index is 1.75. The minimum Gasteiger partial charge on any atom is -0.380 e. The highest BCUT2D eigenvalue weighted by molar-refractivity contribution is 4.71. The first-order valence-corrected chi connectivity index (χ1v) is 7.74. The van der Waals surface area contributed by atoms with Crippen LogP contribution in [0.3, 0.4) is 0 Å². The fraction of sp³-hybridized carbons (Fsp3) is 1.00. The molecule has 0 bridgehead atoms. The van der Waals surface area contributed by atoms with Gasteiger partial charge < -0.3 is 10.1 Å². The van der Waals surface area contributed by atoms with Gasteiger partial charge in [-0.1, -0.05) is 51.9 Å². The molecule has 0 atom stereocenters. The van der Waals surface area contributed by atoms with E-state index in [-0.39, 0.29) is 0 Å². The van der Waals surface area contributed by atoms with Crippen molar-refractivity contribution in [3.8, 4) is 0 Å². The predicted molar refractivity (Wildman–Crippen MR) is 74.5 cm³/mol. The van der Waals surface area contributed by atoms with Gasteiger partial charge >= 0.3 is 0 Å². The molecule has 0 radical (unpaired) electrons. The van der Waals surface area contributed by atoms with Crippen molar-refractivity contribution in [1.82, 2.24) is 5.32 Å². The van der Waals surface area contributed by atoms with Crippen LogP contribution in [0.25, 0.3) is 0 Å². The Kier molecular flexibility index (Phi) is 9.72. The molecular weight excluding hydrogens is 210 g/mol. The lowest BCUT2D eigenvalue weighted by Crippen LogP contribution is -2.33. The first-order valence-electron chi connectivity index (χ1n) is 7.74. The van der Waals surface area contributed by atoms with Gasteiger partial charge in [-0.15, -0.1) is 0 Å². The van der Waals surface area contributed by atoms with Gasteiger partial charge in [0, 0.05) is 19.2 Å². The maximum Gasteiger partial charge on any atom is 0.0590 e. The van der Waals surface area contributed by atoms with Crippen molar-refractivity contribution in [2.45, 2.75) is 77.2 Å². The summed E-state index contributed by atoms with van der Waals surface area (Å²) in [5.41, 5.74) is 0. The lowest BCUT2D eigenvalue weighted by atomic mass is 9.96. The average molecular weight is 241 g/mol. The molecule has 0 saturated heterocycles. The molecule has 102 valence electrons. The topological polar surface area (TPSA) is 21.3 Å². The molecular formula is C15H31NO. The summed E-state index contributed by atoms with van der Waals surface area (Å²) in [6, 6.07) is 0.775. The molecule has 2 heteroatoms. The van der Waals surface area contributed by atoms with Crippen LogP contribution in [0.15, 0.2) is 0 Å². The van der Waals surface area contributed by atoms with Crippen LogP contribution < -0.4 is 5.32 Å². The Bertz CT molecular complexity index is 155. The normalized spacial score (nSPS) is 17.5. The number of ether oxygens (including phenoxy) is 1. The van der Waals surface area contributed by atoms with Crippen molar-refractivity contribution in [3.63, 3.8) is 0 Å². The first kappa shape index (κ1) is 15.0. The molecule has 1 aliphatic carbocycles. The molecule has 2 nitrogen and oxygen atoms in total. The summed E-state index contributed by atoms with van der Waals surface area (Å²) in [5, 5.41) is 3.61. The average Bonchev–Trinajstić information content (AvgIpc) is 2.38. The van der Waals surface area contributed by atoms with Crippen molar-refractivity contribution in [1.29, 1.82) is 0 Å². The molecule has 0 aliphatic heterocycles. The SMILES string of the molecule is CCCCCCCOCCNC1CCCCC1. The zero-order valence-corrected chi connectivity index (χ0v) is 11.7. The van der Waals surface area contributed by atoms with Gasteiger partial charge in [-0.2, -0.15) is 0 Å². The summed E-state index contributed by atoms with van der Waals surface area (Å²) in [6.45, 7) is 5.15. The van der Waals surface area contributed by atoms with Crippen molar-refractivity contribution >= 4 is 0 Å². The quantitative estimate of drug-likeness (QED) is 0.586. The lowest BCUT2D eigenvalue weighted by molar-refractivity contribution is 0.128. The van der Waals surface area contributed by atoms with Gasteiger partial charge in [-0.25, -0.2) is 0 Å². The summed E-state index contributed by atoms with van der Waals surface area (Å²) in [6.07, 6.45) is 13.7. The van der Waals surface area contributed by atoms with E-state index in [1.54, 1.807) is 0 Å². The summed E-state index contributed by atoms with van der Waals surface area (Å²) in [4.78, 5) is 0. The Morgan fingerprint density at radius 3 is 2.47 bits per heavy atom. The number of rotatable bonds is 10. The summed E-state index contributed by atoms with van der Waals surface area (Å²) < 4.78 is 5.64. The van der Waals surface area contributed by atoms with E-state index in [1.165, 1.54) is 64.2 Å². The van der Waals surface area contributed by atoms with Crippen LogP contribution in [0.1, 0.15) is 71.1 Å². The van der Waals surface area contributed by atoms with E-state index >= 15 is 0 Å². The molecule has 0 unspecified atom stereocenters. The number of unbranched alkanes of at least 4 members (excludes halogenated alkanes) is 4. The molecule has 1 rings (SSSR count). The third-order valence-electron chi connectivity index (χ3n) is 3.68. The van der Waals surface area contributed by atoms with Crippen LogP contribution in [0.4, 0.5) is 0 Å². The number of hydrogen-bond acceptors (Lipinski definition) is 2. The van der Waals surface area contributed by atoms with Crippen LogP contribution in [-0.4, -0.2) is 25.8 Å². The smallest absolute Gasteiger partial charge is 0.0590 e. The molecule has 0 aromatic heterocycles. The van der Waals surface area contributed by atoms with Gasteiger partial charge in [-0.3, -0.25) is 0 Å². The molecule has 0 spiro atoms. The molecule has 1 N–H and O–H groups in total. The Morgan fingerprint density at radius 1 is 0.941 bits per heavy atom. The number of nitrogens with one attached hydrogen (secondary N) is 1. The largest absolute Gasteiger partial charge is 0.380 e. The van der Waals surface area contributed by atoms with Gasteiger partial charge in [0.2, 0.25) is 0 Å². The van der Waals surface area contributed by atoms with Gasteiger partial charge in [-0.05, 0) is 19.3 Å². The monoisotopic (exact) mass is 241 g/mol. The second kappa shape index (κ2) is 11.0. The van der Waals surface area contributed by atoms with Crippen molar-refractivity contribution < 1.29 is 4.74 Å². The van der Waals surface area contributed by atoms with E-state index in [2.05, 4.69) is 12.2 Å². The van der Waals surface area contributed by atoms with E-state index in [0.29, 0.717) is 0 Å². The van der Waals surface area contributed by atoms with Gasteiger partial charge in [0.1, 0.15) is 0 Å². The Morgan fingerprint density at radius 2 is 1.71 bits per heavy atom. The molecule has 0 heterocycles. The Labute approximate surface area is 108 Å². The van der Waals surface area contributed by atoms with Gasteiger partial charge in [0.05, 0.1) is 6.61 Å². The zero-order valence-electron chi connectivity index (χ0n) is 11.7. The van der Waals surface area contributed by atoms with Crippen LogP contribution in [0.5, 0.6) is 0 Å². The Hall–Kier alpha value is -0.0800. The summed E-state index contributed by atoms with van der Waals surface area (Å²) in [5.74, 6) is 0. The van der Waals surface area contributed by atoms with Gasteiger partial charge in [0.15, 0.2) is 0 Å². The highest BCUT2D eigenvalue weighted by atomic mass is 16.5.